The fraction of sp³-hybridized carbons (Fsp3) is 0.438. The number of pyridine rings is 1. The Bertz CT molecular complexity index is 635. The van der Waals surface area contributed by atoms with E-state index in [1.54, 1.807) is 6.07 Å². The first-order valence-electron chi connectivity index (χ1n) is 8.18. The minimum atomic E-state index is -0.927. The summed E-state index contributed by atoms with van der Waals surface area (Å²) in [4.78, 5) is 42.2. The molecule has 0 saturated carbocycles. The van der Waals surface area contributed by atoms with E-state index in [0.717, 1.165) is 6.42 Å². The number of carbonyl (C=O) groups is 3. The highest BCUT2D eigenvalue weighted by molar-refractivity contribution is 5.95. The molecule has 0 radical (unpaired) electrons. The molecule has 0 spiro atoms. The molecular formula is C16H24N6O4. The molecule has 10 nitrogen and oxygen atoms in total. The highest BCUT2D eigenvalue weighted by Gasteiger charge is 2.10. The number of aryl methyl sites for hydroxylation is 1. The molecule has 0 aromatic carbocycles. The third-order valence-corrected chi connectivity index (χ3v) is 3.34. The van der Waals surface area contributed by atoms with Crippen LogP contribution in [0.25, 0.3) is 0 Å². The number of carboxylic acids is 1. The molecule has 6 N–H and O–H groups in total. The van der Waals surface area contributed by atoms with Gasteiger partial charge in [0.2, 0.25) is 11.8 Å². The normalized spacial score (nSPS) is 10.5. The summed E-state index contributed by atoms with van der Waals surface area (Å²) in [6, 6.07) is 1.59. The van der Waals surface area contributed by atoms with Crippen molar-refractivity contribution < 1.29 is 19.5 Å². The predicted octanol–water partition coefficient (Wildman–Crippen LogP) is -0.185. The lowest BCUT2D eigenvalue weighted by molar-refractivity contribution is -0.137. The zero-order valence-corrected chi connectivity index (χ0v) is 14.4. The molecule has 0 aliphatic heterocycles. The third-order valence-electron chi connectivity index (χ3n) is 3.34. The van der Waals surface area contributed by atoms with Gasteiger partial charge in [-0.25, -0.2) is 5.84 Å². The van der Waals surface area contributed by atoms with Gasteiger partial charge in [-0.05, 0) is 30.9 Å². The van der Waals surface area contributed by atoms with Crippen LogP contribution in [0.5, 0.6) is 0 Å². The lowest BCUT2D eigenvalue weighted by atomic mass is 10.1. The lowest BCUT2D eigenvalue weighted by Crippen LogP contribution is -2.32. The first-order valence-corrected chi connectivity index (χ1v) is 8.18. The summed E-state index contributed by atoms with van der Waals surface area (Å²) in [6.45, 7) is 0.411. The van der Waals surface area contributed by atoms with Gasteiger partial charge in [-0.2, -0.15) is 0 Å². The zero-order valence-electron chi connectivity index (χ0n) is 14.4. The predicted molar refractivity (Wildman–Crippen MR) is 96.4 cm³/mol. The van der Waals surface area contributed by atoms with E-state index in [2.05, 4.69) is 26.0 Å². The second-order valence-corrected chi connectivity index (χ2v) is 5.41. The number of carbonyl (C=O) groups excluding carboxylic acids is 2. The number of unbranched alkanes of at least 4 members (excludes halogenated alkanes) is 1. The number of aliphatic carboxylic acids is 1. The minimum Gasteiger partial charge on any atom is -0.481 e. The lowest BCUT2D eigenvalue weighted by Gasteiger charge is -2.10. The number of carboxylic acid groups (broad SMARTS) is 1. The first-order chi connectivity index (χ1) is 12.5. The molecule has 0 saturated heterocycles. The van der Waals surface area contributed by atoms with Gasteiger partial charge < -0.3 is 21.2 Å². The molecule has 1 heterocycles. The number of hydrogen-bond donors (Lipinski definition) is 5. The summed E-state index contributed by atoms with van der Waals surface area (Å²) < 4.78 is 0. The van der Waals surface area contributed by atoms with E-state index in [4.69, 9.17) is 10.9 Å². The van der Waals surface area contributed by atoms with Crippen LogP contribution < -0.4 is 21.9 Å². The maximum Gasteiger partial charge on any atom is 0.303 e. The smallest absolute Gasteiger partial charge is 0.303 e. The third kappa shape index (κ3) is 9.33. The number of nitrogens with one attached hydrogen (secondary N) is 3. The van der Waals surface area contributed by atoms with Crippen LogP contribution in [0.3, 0.4) is 0 Å². The zero-order chi connectivity index (χ0) is 19.2. The largest absolute Gasteiger partial charge is 0.481 e. The second kappa shape index (κ2) is 12.4. The molecule has 0 bridgehead atoms. The van der Waals surface area contributed by atoms with Gasteiger partial charge in [-0.3, -0.25) is 24.4 Å². The van der Waals surface area contributed by atoms with Crippen molar-refractivity contribution in [3.8, 4) is 0 Å². The quantitative estimate of drug-likeness (QED) is 0.113. The van der Waals surface area contributed by atoms with Gasteiger partial charge in [0, 0.05) is 37.5 Å². The SMILES string of the molecule is NNC=NCCCCC(=O)NCC(=O)Nc1ccncc1CCC(=O)O. The van der Waals surface area contributed by atoms with Gasteiger partial charge in [0.05, 0.1) is 12.9 Å². The highest BCUT2D eigenvalue weighted by Crippen LogP contribution is 2.15. The fourth-order valence-electron chi connectivity index (χ4n) is 2.06. The average Bonchev–Trinajstić information content (AvgIpc) is 2.62. The van der Waals surface area contributed by atoms with Crippen LogP contribution in [0, 0.1) is 0 Å². The van der Waals surface area contributed by atoms with Gasteiger partial charge >= 0.3 is 5.97 Å². The molecule has 0 aliphatic rings. The van der Waals surface area contributed by atoms with E-state index in [-0.39, 0.29) is 31.2 Å². The van der Waals surface area contributed by atoms with Gasteiger partial charge in [0.15, 0.2) is 0 Å². The monoisotopic (exact) mass is 364 g/mol. The number of nitrogens with zero attached hydrogens (tertiary/aromatic N) is 2. The number of hydrogen-bond acceptors (Lipinski definition) is 6. The Kier molecular flexibility index (Phi) is 10.0. The molecule has 2 amide bonds. The van der Waals surface area contributed by atoms with Crippen molar-refractivity contribution in [3.63, 3.8) is 0 Å². The molecule has 26 heavy (non-hydrogen) atoms. The molecular weight excluding hydrogens is 340 g/mol. The van der Waals surface area contributed by atoms with Crippen molar-refractivity contribution in [1.82, 2.24) is 15.7 Å². The number of anilines is 1. The molecule has 10 heteroatoms. The van der Waals surface area contributed by atoms with Crippen LogP contribution in [-0.2, 0) is 20.8 Å². The molecule has 1 rings (SSSR count). The van der Waals surface area contributed by atoms with E-state index >= 15 is 0 Å². The number of aliphatic imine (C=N–C) groups is 1. The number of aromatic nitrogens is 1. The standard InChI is InChI=1S/C16H24N6O4/c17-21-11-19-7-2-1-3-14(23)20-10-15(24)22-13-6-8-18-9-12(13)4-5-16(25)26/h6,8-9,11H,1-5,7,10,17H2,(H,19,21)(H,20,23)(H,25,26)(H,18,22,24). The summed E-state index contributed by atoms with van der Waals surface area (Å²) in [7, 11) is 0. The van der Waals surface area contributed by atoms with Crippen LogP contribution in [0.4, 0.5) is 5.69 Å². The van der Waals surface area contributed by atoms with E-state index in [1.807, 2.05) is 0 Å². The van der Waals surface area contributed by atoms with Crippen molar-refractivity contribution in [2.75, 3.05) is 18.4 Å². The maximum absolute atomic E-state index is 12.0. The van der Waals surface area contributed by atoms with E-state index < -0.39 is 5.97 Å². The van der Waals surface area contributed by atoms with Crippen LogP contribution in [0.1, 0.15) is 31.2 Å². The number of rotatable bonds is 12. The molecule has 0 aliphatic carbocycles. The first kappa shape index (κ1) is 21.0. The summed E-state index contributed by atoms with van der Waals surface area (Å²) in [6.07, 6.45) is 6.29. The molecule has 0 fully saturated rings. The summed E-state index contributed by atoms with van der Waals surface area (Å²) in [5.41, 5.74) is 3.41. The van der Waals surface area contributed by atoms with Crippen LogP contribution >= 0.6 is 0 Å². The van der Waals surface area contributed by atoms with Gasteiger partial charge in [0.1, 0.15) is 0 Å². The second-order valence-electron chi connectivity index (χ2n) is 5.41. The van der Waals surface area contributed by atoms with E-state index in [0.29, 0.717) is 30.6 Å². The highest BCUT2D eigenvalue weighted by atomic mass is 16.4. The Morgan fingerprint density at radius 1 is 1.23 bits per heavy atom. The van der Waals surface area contributed by atoms with Crippen LogP contribution in [0.2, 0.25) is 0 Å². The van der Waals surface area contributed by atoms with E-state index in [1.165, 1.54) is 18.7 Å². The van der Waals surface area contributed by atoms with Crippen molar-refractivity contribution >= 4 is 29.8 Å². The molecule has 0 atom stereocenters. The number of amides is 2. The Hall–Kier alpha value is -3.01. The Morgan fingerprint density at radius 3 is 2.77 bits per heavy atom. The topological polar surface area (TPSA) is 159 Å². The van der Waals surface area contributed by atoms with Crippen LogP contribution in [-0.4, -0.2) is 47.3 Å². The Balaban J connectivity index is 2.32. The number of hydrazine groups is 1. The number of nitrogens with two attached hydrogens (primary N) is 1. The van der Waals surface area contributed by atoms with E-state index in [9.17, 15) is 14.4 Å². The fourth-order valence-corrected chi connectivity index (χ4v) is 2.06. The van der Waals surface area contributed by atoms with Crippen molar-refractivity contribution in [2.45, 2.75) is 32.1 Å². The summed E-state index contributed by atoms with van der Waals surface area (Å²) >= 11 is 0. The average molecular weight is 364 g/mol. The maximum atomic E-state index is 12.0. The summed E-state index contributed by atoms with van der Waals surface area (Å²) in [5.74, 6) is 3.49. The minimum absolute atomic E-state index is 0.0588. The van der Waals surface area contributed by atoms with Crippen molar-refractivity contribution in [2.24, 2.45) is 10.8 Å². The Labute approximate surface area is 151 Å². The van der Waals surface area contributed by atoms with Crippen molar-refractivity contribution in [1.29, 1.82) is 0 Å². The molecule has 142 valence electrons. The van der Waals surface area contributed by atoms with Gasteiger partial charge in [0.25, 0.3) is 0 Å². The Morgan fingerprint density at radius 2 is 2.04 bits per heavy atom. The molecule has 0 unspecified atom stereocenters. The summed E-state index contributed by atoms with van der Waals surface area (Å²) in [5, 5.41) is 14.0. The molecule has 1 aromatic heterocycles. The van der Waals surface area contributed by atoms with Crippen LogP contribution in [0.15, 0.2) is 23.5 Å². The van der Waals surface area contributed by atoms with Crippen molar-refractivity contribution in [3.05, 3.63) is 24.0 Å². The van der Waals surface area contributed by atoms with Gasteiger partial charge in [-0.15, -0.1) is 0 Å². The van der Waals surface area contributed by atoms with Gasteiger partial charge in [-0.1, -0.05) is 0 Å². The molecule has 1 aromatic rings.